The summed E-state index contributed by atoms with van der Waals surface area (Å²) in [6.45, 7) is 8.88. The zero-order chi connectivity index (χ0) is 15.0. The predicted molar refractivity (Wildman–Crippen MR) is 93.0 cm³/mol. The molecule has 0 bridgehead atoms. The Balaban J connectivity index is 2.01. The van der Waals surface area contributed by atoms with Gasteiger partial charge in [-0.25, -0.2) is 0 Å². The Morgan fingerprint density at radius 2 is 1.57 bits per heavy atom. The Labute approximate surface area is 131 Å². The number of nitrogens with zero attached hydrogens (tertiary/aromatic N) is 1. The number of hydrogen-bond acceptors (Lipinski definition) is 1. The van der Waals surface area contributed by atoms with Crippen LogP contribution in [0.2, 0.25) is 0 Å². The largest absolute Gasteiger partial charge is 0.332 e. The number of aryl methyl sites for hydroxylation is 2. The van der Waals surface area contributed by atoms with Gasteiger partial charge in [0.15, 0.2) is 0 Å². The van der Waals surface area contributed by atoms with Gasteiger partial charge in [-0.2, -0.15) is 0 Å². The maximum Gasteiger partial charge on any atom is 0.0893 e. The first-order valence-electron chi connectivity index (χ1n) is 7.30. The topological polar surface area (TPSA) is 4.93 Å². The third kappa shape index (κ3) is 2.73. The minimum atomic E-state index is -0.0247. The molecule has 0 aliphatic heterocycles. The van der Waals surface area contributed by atoms with E-state index in [1.54, 1.807) is 0 Å². The van der Waals surface area contributed by atoms with Gasteiger partial charge in [0.05, 0.1) is 4.87 Å². The van der Waals surface area contributed by atoms with E-state index in [1.165, 1.54) is 26.9 Å². The van der Waals surface area contributed by atoms with Gasteiger partial charge < -0.3 is 4.57 Å². The summed E-state index contributed by atoms with van der Waals surface area (Å²) in [7, 11) is 0. The molecule has 2 heteroatoms. The number of para-hydroxylation sites is 1. The van der Waals surface area contributed by atoms with E-state index in [2.05, 4.69) is 87.0 Å². The minimum Gasteiger partial charge on any atom is -0.332 e. The lowest BCUT2D eigenvalue weighted by Crippen LogP contribution is -2.20. The first-order valence-corrected chi connectivity index (χ1v) is 8.12. The highest BCUT2D eigenvalue weighted by Crippen LogP contribution is 2.39. The molecule has 0 saturated heterocycles. The van der Waals surface area contributed by atoms with Gasteiger partial charge >= 0.3 is 0 Å². The van der Waals surface area contributed by atoms with Crippen molar-refractivity contribution in [3.8, 4) is 0 Å². The summed E-state index contributed by atoms with van der Waals surface area (Å²) in [5, 5.41) is 1.34. The molecule has 0 N–H and O–H groups in total. The number of hydrogen-bond donors (Lipinski definition) is 0. The van der Waals surface area contributed by atoms with Crippen LogP contribution in [-0.4, -0.2) is 4.57 Å². The summed E-state index contributed by atoms with van der Waals surface area (Å²) in [6.07, 6.45) is 2.27. The highest BCUT2D eigenvalue weighted by Gasteiger charge is 2.23. The van der Waals surface area contributed by atoms with Crippen LogP contribution in [0.1, 0.15) is 25.0 Å². The number of aromatic nitrogens is 1. The smallest absolute Gasteiger partial charge is 0.0893 e. The van der Waals surface area contributed by atoms with E-state index in [1.807, 2.05) is 11.8 Å². The molecule has 3 rings (SSSR count). The van der Waals surface area contributed by atoms with Crippen LogP contribution in [0.5, 0.6) is 0 Å². The van der Waals surface area contributed by atoms with Gasteiger partial charge in [0.2, 0.25) is 0 Å². The van der Waals surface area contributed by atoms with Gasteiger partial charge in [0.25, 0.3) is 0 Å². The van der Waals surface area contributed by atoms with Crippen molar-refractivity contribution in [1.82, 2.24) is 4.57 Å². The van der Waals surface area contributed by atoms with Crippen molar-refractivity contribution in [3.63, 3.8) is 0 Å². The molecule has 1 nitrogen and oxygen atoms in total. The van der Waals surface area contributed by atoms with E-state index in [4.69, 9.17) is 0 Å². The lowest BCUT2D eigenvalue weighted by molar-refractivity contribution is 0.555. The van der Waals surface area contributed by atoms with Crippen molar-refractivity contribution in [1.29, 1.82) is 0 Å². The first kappa shape index (κ1) is 14.3. The molecule has 0 fully saturated rings. The van der Waals surface area contributed by atoms with E-state index in [0.717, 1.165) is 0 Å². The third-order valence-corrected chi connectivity index (χ3v) is 5.08. The molecule has 3 aromatic rings. The molecule has 0 atom stereocenters. The minimum absolute atomic E-state index is 0.0247. The Morgan fingerprint density at radius 1 is 0.905 bits per heavy atom. The zero-order valence-electron chi connectivity index (χ0n) is 13.1. The fourth-order valence-corrected chi connectivity index (χ4v) is 3.84. The normalized spacial score (nSPS) is 12.0. The van der Waals surface area contributed by atoms with Gasteiger partial charge in [0, 0.05) is 22.0 Å². The Bertz CT molecular complexity index is 766. The highest BCUT2D eigenvalue weighted by atomic mass is 32.2. The van der Waals surface area contributed by atoms with Crippen LogP contribution < -0.4 is 0 Å². The summed E-state index contributed by atoms with van der Waals surface area (Å²) in [5.74, 6) is 0. The number of fused-ring (bicyclic) bond motifs is 1. The van der Waals surface area contributed by atoms with Crippen LogP contribution in [0, 0.1) is 13.8 Å². The molecule has 0 saturated carbocycles. The number of benzene rings is 2. The average molecular weight is 295 g/mol. The first-order chi connectivity index (χ1) is 9.97. The summed E-state index contributed by atoms with van der Waals surface area (Å²) >= 11 is 1.90. The fraction of sp³-hybridized carbons (Fsp3) is 0.263. The lowest BCUT2D eigenvalue weighted by Gasteiger charge is -2.27. The summed E-state index contributed by atoms with van der Waals surface area (Å²) in [4.78, 5) is 1.28. The fourth-order valence-electron chi connectivity index (χ4n) is 2.74. The maximum atomic E-state index is 2.39. The van der Waals surface area contributed by atoms with E-state index in [-0.39, 0.29) is 4.87 Å². The molecule has 0 unspecified atom stereocenters. The van der Waals surface area contributed by atoms with Crippen molar-refractivity contribution in [2.24, 2.45) is 0 Å². The van der Waals surface area contributed by atoms with Crippen molar-refractivity contribution < 1.29 is 0 Å². The van der Waals surface area contributed by atoms with Crippen LogP contribution in [0.4, 0.5) is 0 Å². The van der Waals surface area contributed by atoms with Crippen LogP contribution in [0.25, 0.3) is 10.9 Å². The van der Waals surface area contributed by atoms with Crippen molar-refractivity contribution in [2.75, 3.05) is 0 Å². The summed E-state index contributed by atoms with van der Waals surface area (Å²) < 4.78 is 2.39. The molecule has 21 heavy (non-hydrogen) atoms. The van der Waals surface area contributed by atoms with E-state index >= 15 is 0 Å². The highest BCUT2D eigenvalue weighted by molar-refractivity contribution is 8.00. The Hall–Kier alpha value is -1.67. The summed E-state index contributed by atoms with van der Waals surface area (Å²) in [6, 6.07) is 17.4. The molecule has 0 radical (unpaired) electrons. The van der Waals surface area contributed by atoms with E-state index in [9.17, 15) is 0 Å². The maximum absolute atomic E-state index is 2.39. The van der Waals surface area contributed by atoms with Gasteiger partial charge in [-0.3, -0.25) is 0 Å². The SMILES string of the molecule is Cc1ccc(SC(C)(C)n2cc(C)c3ccccc32)cc1. The van der Waals surface area contributed by atoms with Crippen LogP contribution in [-0.2, 0) is 4.87 Å². The van der Waals surface area contributed by atoms with Crippen LogP contribution in [0.15, 0.2) is 59.6 Å². The second-order valence-corrected chi connectivity index (χ2v) is 7.74. The van der Waals surface area contributed by atoms with Gasteiger partial charge in [0.1, 0.15) is 0 Å². The van der Waals surface area contributed by atoms with Gasteiger partial charge in [-0.15, -0.1) is 0 Å². The molecule has 0 aliphatic rings. The third-order valence-electron chi connectivity index (χ3n) is 3.88. The monoisotopic (exact) mass is 295 g/mol. The molecular formula is C19H21NS. The van der Waals surface area contributed by atoms with Gasteiger partial charge in [-0.05, 0) is 51.5 Å². The molecular weight excluding hydrogens is 274 g/mol. The second kappa shape index (κ2) is 5.27. The predicted octanol–water partition coefficient (Wildman–Crippen LogP) is 5.74. The van der Waals surface area contributed by atoms with Crippen LogP contribution >= 0.6 is 11.8 Å². The van der Waals surface area contributed by atoms with Crippen molar-refractivity contribution in [3.05, 3.63) is 65.9 Å². The van der Waals surface area contributed by atoms with E-state index < -0.39 is 0 Å². The molecule has 108 valence electrons. The van der Waals surface area contributed by atoms with Crippen molar-refractivity contribution in [2.45, 2.75) is 37.5 Å². The van der Waals surface area contributed by atoms with Crippen LogP contribution in [0.3, 0.4) is 0 Å². The molecule has 1 aromatic heterocycles. The zero-order valence-corrected chi connectivity index (χ0v) is 13.9. The average Bonchev–Trinajstić information content (AvgIpc) is 2.80. The standard InChI is InChI=1S/C19H21NS/c1-14-9-11-16(12-10-14)21-19(3,4)20-13-15(2)17-7-5-6-8-18(17)20/h5-13H,1-4H3. The van der Waals surface area contributed by atoms with Crippen molar-refractivity contribution >= 4 is 22.7 Å². The molecule has 2 aromatic carbocycles. The summed E-state index contributed by atoms with van der Waals surface area (Å²) in [5.41, 5.74) is 3.95. The quantitative estimate of drug-likeness (QED) is 0.557. The number of thioether (sulfide) groups is 1. The number of rotatable bonds is 3. The van der Waals surface area contributed by atoms with E-state index in [0.29, 0.717) is 0 Å². The van der Waals surface area contributed by atoms with Gasteiger partial charge in [-0.1, -0.05) is 47.7 Å². The molecule has 0 amide bonds. The molecule has 0 aliphatic carbocycles. The Kier molecular flexibility index (Phi) is 3.58. The Morgan fingerprint density at radius 3 is 2.29 bits per heavy atom. The second-order valence-electron chi connectivity index (χ2n) is 6.06. The lowest BCUT2D eigenvalue weighted by atomic mass is 10.2. The molecule has 0 spiro atoms. The molecule has 1 heterocycles.